The molecule has 0 aliphatic carbocycles. The van der Waals surface area contributed by atoms with E-state index >= 15 is 0 Å². The molecule has 0 radical (unpaired) electrons. The predicted octanol–water partition coefficient (Wildman–Crippen LogP) is 4.83. The van der Waals surface area contributed by atoms with E-state index in [2.05, 4.69) is 5.32 Å². The number of para-hydroxylation sites is 1. The standard InChI is InChI=1S/C28H25NO6/c1-18(2)22-10-6-7-11-24(22)33-17-26(30)34-21-13-12-20-14-23(28(32)35-25(20)15-21)27(31)29-16-19-8-4-3-5-9-19/h3-15,18H,16-17H2,1-2H3,(H,29,31). The second-order valence-electron chi connectivity index (χ2n) is 8.27. The summed E-state index contributed by atoms with van der Waals surface area (Å²) in [5.41, 5.74) is 1.23. The summed E-state index contributed by atoms with van der Waals surface area (Å²) in [6, 6.07) is 23.0. The maximum absolute atomic E-state index is 12.5. The van der Waals surface area contributed by atoms with Gasteiger partial charge in [-0.2, -0.15) is 0 Å². The number of benzene rings is 3. The lowest BCUT2D eigenvalue weighted by molar-refractivity contribution is -0.136. The van der Waals surface area contributed by atoms with Gasteiger partial charge in [0.15, 0.2) is 6.61 Å². The number of hydrogen-bond acceptors (Lipinski definition) is 6. The van der Waals surface area contributed by atoms with E-state index < -0.39 is 17.5 Å². The largest absolute Gasteiger partial charge is 0.482 e. The smallest absolute Gasteiger partial charge is 0.349 e. The fraction of sp³-hybridized carbons (Fsp3) is 0.179. The Kier molecular flexibility index (Phi) is 7.26. The van der Waals surface area contributed by atoms with E-state index in [0.29, 0.717) is 11.1 Å². The van der Waals surface area contributed by atoms with Crippen LogP contribution < -0.4 is 20.4 Å². The molecule has 3 aromatic carbocycles. The van der Waals surface area contributed by atoms with Crippen molar-refractivity contribution in [2.75, 3.05) is 6.61 Å². The molecule has 0 aliphatic rings. The maximum atomic E-state index is 12.5. The van der Waals surface area contributed by atoms with Gasteiger partial charge in [0.1, 0.15) is 22.6 Å². The normalized spacial score (nSPS) is 10.8. The molecule has 0 atom stereocenters. The molecule has 0 unspecified atom stereocenters. The first-order chi connectivity index (χ1) is 16.9. The SMILES string of the molecule is CC(C)c1ccccc1OCC(=O)Oc1ccc2cc(C(=O)NCc3ccccc3)c(=O)oc2c1. The molecule has 4 aromatic rings. The quantitative estimate of drug-likeness (QED) is 0.225. The lowest BCUT2D eigenvalue weighted by Crippen LogP contribution is -2.27. The van der Waals surface area contributed by atoms with Crippen molar-refractivity contribution in [1.82, 2.24) is 5.32 Å². The Labute approximate surface area is 202 Å². The molecule has 1 aromatic heterocycles. The highest BCUT2D eigenvalue weighted by Gasteiger charge is 2.15. The van der Waals surface area contributed by atoms with Gasteiger partial charge >= 0.3 is 11.6 Å². The summed E-state index contributed by atoms with van der Waals surface area (Å²) in [6.45, 7) is 4.10. The number of hydrogen-bond donors (Lipinski definition) is 1. The number of rotatable bonds is 8. The molecule has 0 saturated carbocycles. The van der Waals surface area contributed by atoms with E-state index in [1.54, 1.807) is 18.2 Å². The topological polar surface area (TPSA) is 94.8 Å². The third kappa shape index (κ3) is 5.95. The summed E-state index contributed by atoms with van der Waals surface area (Å²) in [4.78, 5) is 37.2. The Bertz CT molecular complexity index is 1410. The van der Waals surface area contributed by atoms with Crippen molar-refractivity contribution in [2.45, 2.75) is 26.3 Å². The number of esters is 1. The Morgan fingerprint density at radius 1 is 0.943 bits per heavy atom. The van der Waals surface area contributed by atoms with E-state index in [9.17, 15) is 14.4 Å². The fourth-order valence-electron chi connectivity index (χ4n) is 3.57. The zero-order valence-corrected chi connectivity index (χ0v) is 19.4. The van der Waals surface area contributed by atoms with Crippen molar-refractivity contribution in [1.29, 1.82) is 0 Å². The lowest BCUT2D eigenvalue weighted by atomic mass is 10.0. The van der Waals surface area contributed by atoms with Gasteiger partial charge in [-0.1, -0.05) is 62.4 Å². The minimum atomic E-state index is -0.778. The summed E-state index contributed by atoms with van der Waals surface area (Å²) in [6.07, 6.45) is 0. The van der Waals surface area contributed by atoms with Crippen LogP contribution in [0.1, 0.15) is 41.3 Å². The molecule has 1 N–H and O–H groups in total. The number of carbonyl (C=O) groups excluding carboxylic acids is 2. The number of fused-ring (bicyclic) bond motifs is 1. The zero-order valence-electron chi connectivity index (χ0n) is 19.4. The van der Waals surface area contributed by atoms with E-state index in [0.717, 1.165) is 11.1 Å². The Balaban J connectivity index is 1.42. The Hall–Kier alpha value is -4.39. The van der Waals surface area contributed by atoms with Crippen molar-refractivity contribution < 1.29 is 23.5 Å². The van der Waals surface area contributed by atoms with Crippen LogP contribution in [-0.4, -0.2) is 18.5 Å². The van der Waals surface area contributed by atoms with Gasteiger partial charge < -0.3 is 19.2 Å². The molecule has 7 heteroatoms. The molecule has 178 valence electrons. The fourth-order valence-corrected chi connectivity index (χ4v) is 3.57. The van der Waals surface area contributed by atoms with Crippen LogP contribution in [0.2, 0.25) is 0 Å². The number of carbonyl (C=O) groups is 2. The van der Waals surface area contributed by atoms with Crippen molar-refractivity contribution in [3.8, 4) is 11.5 Å². The van der Waals surface area contributed by atoms with Crippen LogP contribution in [0.15, 0.2) is 88.1 Å². The molecule has 0 saturated heterocycles. The summed E-state index contributed by atoms with van der Waals surface area (Å²) < 4.78 is 16.3. The van der Waals surface area contributed by atoms with Crippen LogP contribution in [-0.2, 0) is 11.3 Å². The van der Waals surface area contributed by atoms with Crippen LogP contribution in [0.25, 0.3) is 11.0 Å². The highest BCUT2D eigenvalue weighted by atomic mass is 16.6. The number of nitrogens with one attached hydrogen (secondary N) is 1. The second kappa shape index (κ2) is 10.7. The highest BCUT2D eigenvalue weighted by Crippen LogP contribution is 2.26. The van der Waals surface area contributed by atoms with Crippen LogP contribution in [0.3, 0.4) is 0 Å². The molecule has 0 bridgehead atoms. The average Bonchev–Trinajstić information content (AvgIpc) is 2.86. The molecular weight excluding hydrogens is 446 g/mol. The predicted molar refractivity (Wildman–Crippen MR) is 132 cm³/mol. The van der Waals surface area contributed by atoms with Gasteiger partial charge in [0, 0.05) is 18.0 Å². The average molecular weight is 472 g/mol. The Morgan fingerprint density at radius 2 is 1.69 bits per heavy atom. The number of ether oxygens (including phenoxy) is 2. The van der Waals surface area contributed by atoms with Crippen LogP contribution in [0.5, 0.6) is 11.5 Å². The van der Waals surface area contributed by atoms with Gasteiger partial charge in [0.05, 0.1) is 0 Å². The van der Waals surface area contributed by atoms with Crippen LogP contribution in [0, 0.1) is 0 Å². The molecule has 0 aliphatic heterocycles. The van der Waals surface area contributed by atoms with E-state index in [-0.39, 0.29) is 36.0 Å². The van der Waals surface area contributed by atoms with Crippen molar-refractivity contribution >= 4 is 22.8 Å². The van der Waals surface area contributed by atoms with Gasteiger partial charge in [0.2, 0.25) is 0 Å². The first-order valence-electron chi connectivity index (χ1n) is 11.2. The van der Waals surface area contributed by atoms with Gasteiger partial charge in [-0.05, 0) is 41.3 Å². The maximum Gasteiger partial charge on any atom is 0.349 e. The van der Waals surface area contributed by atoms with Crippen molar-refractivity contribution in [2.24, 2.45) is 0 Å². The zero-order chi connectivity index (χ0) is 24.8. The van der Waals surface area contributed by atoms with Crippen LogP contribution >= 0.6 is 0 Å². The van der Waals surface area contributed by atoms with Gasteiger partial charge in [0.25, 0.3) is 5.91 Å². The third-order valence-corrected chi connectivity index (χ3v) is 5.37. The van der Waals surface area contributed by atoms with Gasteiger partial charge in [-0.3, -0.25) is 4.79 Å². The summed E-state index contributed by atoms with van der Waals surface area (Å²) in [7, 11) is 0. The molecular formula is C28H25NO6. The lowest BCUT2D eigenvalue weighted by Gasteiger charge is -2.13. The molecule has 1 heterocycles. The molecule has 4 rings (SSSR count). The summed E-state index contributed by atoms with van der Waals surface area (Å²) in [5, 5.41) is 3.24. The van der Waals surface area contributed by atoms with Crippen molar-refractivity contribution in [3.05, 3.63) is 106 Å². The van der Waals surface area contributed by atoms with E-state index in [1.807, 2.05) is 62.4 Å². The van der Waals surface area contributed by atoms with E-state index in [1.165, 1.54) is 12.1 Å². The minimum absolute atomic E-state index is 0.101. The summed E-state index contributed by atoms with van der Waals surface area (Å²) >= 11 is 0. The third-order valence-electron chi connectivity index (χ3n) is 5.37. The monoisotopic (exact) mass is 471 g/mol. The first kappa shape index (κ1) is 23.8. The highest BCUT2D eigenvalue weighted by molar-refractivity contribution is 5.96. The van der Waals surface area contributed by atoms with Crippen LogP contribution in [0.4, 0.5) is 0 Å². The molecule has 0 fully saturated rings. The first-order valence-corrected chi connectivity index (χ1v) is 11.2. The molecule has 0 spiro atoms. The number of amides is 1. The van der Waals surface area contributed by atoms with Gasteiger partial charge in [-0.25, -0.2) is 9.59 Å². The molecule has 35 heavy (non-hydrogen) atoms. The Morgan fingerprint density at radius 3 is 2.46 bits per heavy atom. The summed E-state index contributed by atoms with van der Waals surface area (Å²) in [5.74, 6) is -0.0494. The van der Waals surface area contributed by atoms with E-state index in [4.69, 9.17) is 13.9 Å². The minimum Gasteiger partial charge on any atom is -0.482 e. The van der Waals surface area contributed by atoms with Gasteiger partial charge in [-0.15, -0.1) is 0 Å². The molecule has 1 amide bonds. The second-order valence-corrected chi connectivity index (χ2v) is 8.27. The molecule has 7 nitrogen and oxygen atoms in total. The van der Waals surface area contributed by atoms with Crippen molar-refractivity contribution in [3.63, 3.8) is 0 Å².